The van der Waals surface area contributed by atoms with Crippen LogP contribution < -0.4 is 10.1 Å². The number of amides is 1. The number of ether oxygens (including phenoxy) is 1. The highest BCUT2D eigenvalue weighted by Gasteiger charge is 2.69. The number of aliphatic hydroxyl groups is 2. The monoisotopic (exact) mass is 508 g/mol. The highest BCUT2D eigenvalue weighted by atomic mass is 19.1. The van der Waals surface area contributed by atoms with Crippen LogP contribution in [0.2, 0.25) is 0 Å². The van der Waals surface area contributed by atoms with Gasteiger partial charge in [0.05, 0.1) is 16.6 Å². The van der Waals surface area contributed by atoms with E-state index in [-0.39, 0.29) is 34.6 Å². The molecule has 7 nitrogen and oxygen atoms in total. The van der Waals surface area contributed by atoms with Gasteiger partial charge in [-0.05, 0) is 88.2 Å². The Kier molecular flexibility index (Phi) is 5.37. The van der Waals surface area contributed by atoms with Crippen LogP contribution in [0.15, 0.2) is 41.7 Å². The van der Waals surface area contributed by atoms with Crippen LogP contribution in [-0.2, 0) is 16.6 Å². The molecule has 1 saturated carbocycles. The number of carbonyl (C=O) groups excluding carboxylic acids is 1. The Morgan fingerprint density at radius 2 is 2.03 bits per heavy atom. The molecule has 0 unspecified atom stereocenters. The topological polar surface area (TPSA) is 102 Å². The molecule has 2 aliphatic heterocycles. The highest BCUT2D eigenvalue weighted by molar-refractivity contribution is 6.03. The first-order chi connectivity index (χ1) is 17.5. The number of phenolic OH excluding ortho intramolecular Hbond substituents is 1. The Balaban J connectivity index is 1.41. The number of likely N-dealkylation sites (tertiary alicyclic amines) is 1. The van der Waals surface area contributed by atoms with E-state index < -0.39 is 28.8 Å². The van der Waals surface area contributed by atoms with Crippen LogP contribution in [0.5, 0.6) is 11.5 Å². The molecule has 8 heteroatoms. The minimum Gasteiger partial charge on any atom is -0.508 e. The second-order valence-corrected chi connectivity index (χ2v) is 11.4. The molecule has 0 aromatic heterocycles. The lowest BCUT2D eigenvalue weighted by molar-refractivity contribution is -0.153. The van der Waals surface area contributed by atoms with Gasteiger partial charge in [-0.1, -0.05) is 12.1 Å². The minimum atomic E-state index is -1.29. The quantitative estimate of drug-likeness (QED) is 0.358. The third kappa shape index (κ3) is 3.49. The second-order valence-electron chi connectivity index (χ2n) is 11.4. The summed E-state index contributed by atoms with van der Waals surface area (Å²) in [5, 5.41) is 37.1. The Labute approximate surface area is 215 Å². The van der Waals surface area contributed by atoms with E-state index in [1.54, 1.807) is 32.0 Å². The lowest BCUT2D eigenvalue weighted by Crippen LogP contribution is -2.73. The predicted molar refractivity (Wildman–Crippen MR) is 136 cm³/mol. The number of benzene rings is 2. The van der Waals surface area contributed by atoms with E-state index in [0.717, 1.165) is 17.7 Å². The SMILES string of the molecule is C/C(C(=O)Nc1ccc(C)c(F)c1)=C(/O)[C@@H]1Oc2c(O)ccc3c2[C@@]12CCN(CC1CC1)[C@H](C3)[C@@]2(C)O. The van der Waals surface area contributed by atoms with Crippen LogP contribution in [-0.4, -0.2) is 57.0 Å². The molecule has 4 N–H and O–H groups in total. The number of rotatable bonds is 5. The highest BCUT2D eigenvalue weighted by Crippen LogP contribution is 2.63. The fourth-order valence-corrected chi connectivity index (χ4v) is 6.78. The number of piperidine rings is 1. The van der Waals surface area contributed by atoms with Gasteiger partial charge < -0.3 is 25.4 Å². The van der Waals surface area contributed by atoms with Crippen LogP contribution in [0.3, 0.4) is 0 Å². The van der Waals surface area contributed by atoms with Crippen molar-refractivity contribution in [2.24, 2.45) is 5.92 Å². The average Bonchev–Trinajstić information content (AvgIpc) is 3.59. The summed E-state index contributed by atoms with van der Waals surface area (Å²) in [6.45, 7) is 6.56. The van der Waals surface area contributed by atoms with E-state index in [0.29, 0.717) is 30.9 Å². The molecule has 2 aromatic carbocycles. The minimum absolute atomic E-state index is 0.00698. The molecular formula is C29H33FN2O5. The van der Waals surface area contributed by atoms with E-state index in [1.807, 2.05) is 6.07 Å². The van der Waals surface area contributed by atoms with Crippen LogP contribution in [0.1, 0.15) is 49.8 Å². The van der Waals surface area contributed by atoms with E-state index in [2.05, 4.69) is 10.2 Å². The molecule has 1 amide bonds. The van der Waals surface area contributed by atoms with Crippen molar-refractivity contribution in [3.8, 4) is 11.5 Å². The summed E-state index contributed by atoms with van der Waals surface area (Å²) in [6, 6.07) is 7.68. The molecular weight excluding hydrogens is 475 g/mol. The molecule has 4 aliphatic rings. The van der Waals surface area contributed by atoms with Crippen LogP contribution in [0.4, 0.5) is 10.1 Å². The van der Waals surface area contributed by atoms with E-state index >= 15 is 0 Å². The van der Waals surface area contributed by atoms with Gasteiger partial charge in [-0.25, -0.2) is 4.39 Å². The van der Waals surface area contributed by atoms with Crippen LogP contribution in [0.25, 0.3) is 0 Å². The number of nitrogens with zero attached hydrogens (tertiary/aromatic N) is 1. The lowest BCUT2D eigenvalue weighted by Gasteiger charge is -2.59. The van der Waals surface area contributed by atoms with Crippen molar-refractivity contribution >= 4 is 11.6 Å². The smallest absolute Gasteiger partial charge is 0.254 e. The van der Waals surface area contributed by atoms with E-state index in [1.165, 1.54) is 25.8 Å². The molecule has 6 rings (SSSR count). The predicted octanol–water partition coefficient (Wildman–Crippen LogP) is 4.10. The molecule has 1 spiro atoms. The third-order valence-corrected chi connectivity index (χ3v) is 9.14. The number of hydrogen-bond acceptors (Lipinski definition) is 6. The summed E-state index contributed by atoms with van der Waals surface area (Å²) in [5.41, 5.74) is 0.118. The zero-order chi connectivity index (χ0) is 26.3. The van der Waals surface area contributed by atoms with Crippen molar-refractivity contribution in [3.05, 3.63) is 64.2 Å². The first-order valence-corrected chi connectivity index (χ1v) is 13.0. The van der Waals surface area contributed by atoms with Gasteiger partial charge in [0.25, 0.3) is 5.91 Å². The number of aryl methyl sites for hydroxylation is 1. The number of aromatic hydroxyl groups is 1. The molecule has 2 bridgehead atoms. The zero-order valence-electron chi connectivity index (χ0n) is 21.3. The standard InChI is InChI=1S/C29H33FN2O5/c1-15-4-8-19(13-20(15)30)31-27(35)16(2)24(34)26-29-10-11-32(14-17-5-6-17)22(28(29,3)36)12-18-7-9-21(33)25(37-26)23(18)29/h4,7-9,13,17,22,26,33-34,36H,5-6,10-12,14H2,1-3H3,(H,31,35)/b24-16-/t22-,26+,28-,29+/m1/s1. The number of nitrogens with one attached hydrogen (secondary N) is 1. The molecule has 0 radical (unpaired) electrons. The van der Waals surface area contributed by atoms with Crippen molar-refractivity contribution in [1.82, 2.24) is 4.90 Å². The number of fused-ring (bicyclic) bond motifs is 1. The summed E-state index contributed by atoms with van der Waals surface area (Å²) in [4.78, 5) is 15.5. The van der Waals surface area contributed by atoms with Crippen molar-refractivity contribution in [2.75, 3.05) is 18.4 Å². The maximum atomic E-state index is 14.0. The number of carbonyl (C=O) groups is 1. The molecule has 1 saturated heterocycles. The number of phenols is 1. The molecule has 2 aliphatic carbocycles. The summed E-state index contributed by atoms with van der Waals surface area (Å²) in [5.74, 6) is -0.481. The molecule has 37 heavy (non-hydrogen) atoms. The van der Waals surface area contributed by atoms with Crippen molar-refractivity contribution in [3.63, 3.8) is 0 Å². The van der Waals surface area contributed by atoms with Gasteiger partial charge in [0.1, 0.15) is 11.6 Å². The molecule has 2 heterocycles. The maximum absolute atomic E-state index is 14.0. The van der Waals surface area contributed by atoms with Gasteiger partial charge in [-0.3, -0.25) is 9.69 Å². The summed E-state index contributed by atoms with van der Waals surface area (Å²) in [6.07, 6.45) is 2.47. The summed E-state index contributed by atoms with van der Waals surface area (Å²) >= 11 is 0. The molecule has 4 atom stereocenters. The Morgan fingerprint density at radius 1 is 1.27 bits per heavy atom. The molecule has 196 valence electrons. The zero-order valence-corrected chi connectivity index (χ0v) is 21.3. The fraction of sp³-hybridized carbons (Fsp3) is 0.483. The number of anilines is 1. The van der Waals surface area contributed by atoms with Gasteiger partial charge in [0.2, 0.25) is 0 Å². The number of halogens is 1. The van der Waals surface area contributed by atoms with Gasteiger partial charge in [0, 0.05) is 23.8 Å². The van der Waals surface area contributed by atoms with Crippen LogP contribution >= 0.6 is 0 Å². The lowest BCUT2D eigenvalue weighted by atomic mass is 9.53. The molecule has 2 aromatic rings. The average molecular weight is 509 g/mol. The maximum Gasteiger partial charge on any atom is 0.254 e. The van der Waals surface area contributed by atoms with Crippen LogP contribution in [0, 0.1) is 18.7 Å². The normalized spacial score (nSPS) is 30.8. The first-order valence-electron chi connectivity index (χ1n) is 13.0. The van der Waals surface area contributed by atoms with Crippen molar-refractivity contribution in [1.29, 1.82) is 0 Å². The second kappa shape index (κ2) is 8.20. The third-order valence-electron chi connectivity index (χ3n) is 9.14. The van der Waals surface area contributed by atoms with Crippen molar-refractivity contribution < 1.29 is 29.2 Å². The van der Waals surface area contributed by atoms with Gasteiger partial charge in [-0.2, -0.15) is 0 Å². The summed E-state index contributed by atoms with van der Waals surface area (Å²) in [7, 11) is 0. The van der Waals surface area contributed by atoms with Crippen molar-refractivity contribution in [2.45, 2.75) is 69.6 Å². The Morgan fingerprint density at radius 3 is 2.73 bits per heavy atom. The molecule has 2 fully saturated rings. The van der Waals surface area contributed by atoms with Gasteiger partial charge in [-0.15, -0.1) is 0 Å². The van der Waals surface area contributed by atoms with E-state index in [9.17, 15) is 24.5 Å². The number of hydrogen-bond donors (Lipinski definition) is 4. The van der Waals surface area contributed by atoms with Gasteiger partial charge in [0.15, 0.2) is 17.6 Å². The fourth-order valence-electron chi connectivity index (χ4n) is 6.78. The Hall–Kier alpha value is -3.10. The summed E-state index contributed by atoms with van der Waals surface area (Å²) < 4.78 is 20.3. The largest absolute Gasteiger partial charge is 0.508 e. The first kappa shape index (κ1) is 24.2. The van der Waals surface area contributed by atoms with Gasteiger partial charge >= 0.3 is 0 Å². The number of aliphatic hydroxyl groups excluding tert-OH is 1. The van der Waals surface area contributed by atoms with E-state index in [4.69, 9.17) is 4.74 Å². The Bertz CT molecular complexity index is 1330.